The highest BCUT2D eigenvalue weighted by Gasteiger charge is 2.27. The van der Waals surface area contributed by atoms with E-state index in [0.29, 0.717) is 11.4 Å². The molecule has 1 aliphatic heterocycles. The molecule has 0 atom stereocenters. The van der Waals surface area contributed by atoms with E-state index in [1.165, 1.54) is 44.5 Å². The number of methoxy groups -OCH3 is 1. The number of hydrogen-bond donors (Lipinski definition) is 2. The third-order valence-electron chi connectivity index (χ3n) is 5.60. The first-order valence-corrected chi connectivity index (χ1v) is 14.5. The number of hydrazone groups is 1. The molecule has 2 N–H and O–H groups in total. The first kappa shape index (κ1) is 28.0. The predicted molar refractivity (Wildman–Crippen MR) is 152 cm³/mol. The molecule has 204 valence electrons. The number of benzene rings is 3. The largest absolute Gasteiger partial charge is 0.497 e. The van der Waals surface area contributed by atoms with Crippen LogP contribution in [0.3, 0.4) is 0 Å². The van der Waals surface area contributed by atoms with Gasteiger partial charge in [-0.2, -0.15) is 16.9 Å². The number of nitrogens with one attached hydrogen (secondary N) is 2. The van der Waals surface area contributed by atoms with E-state index < -0.39 is 22.5 Å². The van der Waals surface area contributed by atoms with Crippen LogP contribution < -0.4 is 24.5 Å². The van der Waals surface area contributed by atoms with Gasteiger partial charge in [-0.15, -0.1) is 0 Å². The van der Waals surface area contributed by atoms with E-state index >= 15 is 0 Å². The second-order valence-electron chi connectivity index (χ2n) is 8.55. The van der Waals surface area contributed by atoms with Crippen molar-refractivity contribution < 1.29 is 27.5 Å². The average Bonchev–Trinajstić information content (AvgIpc) is 2.90. The van der Waals surface area contributed by atoms with Crippen molar-refractivity contribution in [3.63, 3.8) is 0 Å². The molecular weight excluding hydrogens is 540 g/mol. The molecule has 0 unspecified atom stereocenters. The van der Waals surface area contributed by atoms with Crippen LogP contribution in [0.4, 0.5) is 11.4 Å². The lowest BCUT2D eigenvalue weighted by molar-refractivity contribution is -0.119. The number of nitrogens with zero attached hydrogens (tertiary/aromatic N) is 2. The van der Waals surface area contributed by atoms with Crippen molar-refractivity contribution in [1.82, 2.24) is 5.43 Å². The average molecular weight is 569 g/mol. The normalized spacial score (nSPS) is 13.4. The maximum Gasteiger partial charge on any atom is 0.264 e. The van der Waals surface area contributed by atoms with Crippen molar-refractivity contribution in [3.05, 3.63) is 78.4 Å². The van der Waals surface area contributed by atoms with Gasteiger partial charge in [0.1, 0.15) is 24.1 Å². The minimum atomic E-state index is -4.15. The Bertz CT molecular complexity index is 1420. The lowest BCUT2D eigenvalue weighted by Gasteiger charge is -2.25. The molecule has 2 amide bonds. The highest BCUT2D eigenvalue weighted by Crippen LogP contribution is 2.27. The molecule has 10 nitrogen and oxygen atoms in total. The van der Waals surface area contributed by atoms with E-state index in [1.807, 2.05) is 36.0 Å². The number of ether oxygens (including phenoxy) is 2. The minimum Gasteiger partial charge on any atom is -0.497 e. The summed E-state index contributed by atoms with van der Waals surface area (Å²) in [5, 5.41) is 6.57. The van der Waals surface area contributed by atoms with E-state index in [2.05, 4.69) is 15.8 Å². The quantitative estimate of drug-likeness (QED) is 0.268. The van der Waals surface area contributed by atoms with Crippen molar-refractivity contribution in [2.45, 2.75) is 17.9 Å². The van der Waals surface area contributed by atoms with Crippen LogP contribution in [0.25, 0.3) is 0 Å². The highest BCUT2D eigenvalue weighted by molar-refractivity contribution is 8.00. The molecule has 0 spiro atoms. The number of rotatable bonds is 11. The van der Waals surface area contributed by atoms with Gasteiger partial charge in [0.25, 0.3) is 15.9 Å². The number of carbonyl (C=O) groups excluding carboxylic acids is 2. The molecule has 1 heterocycles. The van der Waals surface area contributed by atoms with Crippen LogP contribution in [0.1, 0.15) is 12.5 Å². The Kier molecular flexibility index (Phi) is 9.10. The summed E-state index contributed by atoms with van der Waals surface area (Å²) >= 11 is 1.84. The maximum absolute atomic E-state index is 13.6. The molecule has 0 aromatic heterocycles. The molecule has 4 rings (SSSR count). The van der Waals surface area contributed by atoms with Gasteiger partial charge in [-0.1, -0.05) is 0 Å². The smallest absolute Gasteiger partial charge is 0.264 e. The number of amides is 2. The zero-order chi connectivity index (χ0) is 27.8. The van der Waals surface area contributed by atoms with Gasteiger partial charge in [0.2, 0.25) is 5.91 Å². The Morgan fingerprint density at radius 3 is 2.21 bits per heavy atom. The molecule has 1 fully saturated rings. The Morgan fingerprint density at radius 1 is 1.00 bits per heavy atom. The van der Waals surface area contributed by atoms with E-state index in [1.54, 1.807) is 24.3 Å². The Labute approximate surface area is 231 Å². The third-order valence-corrected chi connectivity index (χ3v) is 8.61. The summed E-state index contributed by atoms with van der Waals surface area (Å²) in [5.41, 5.74) is 3.85. The fraction of sp³-hybridized carbons (Fsp3) is 0.222. The predicted octanol–water partition coefficient (Wildman–Crippen LogP) is 3.49. The van der Waals surface area contributed by atoms with Gasteiger partial charge in [0.05, 0.1) is 23.9 Å². The van der Waals surface area contributed by atoms with Crippen molar-refractivity contribution in [2.24, 2.45) is 5.10 Å². The molecular formula is C27H28N4O6S2. The number of anilines is 2. The van der Waals surface area contributed by atoms with Gasteiger partial charge in [-0.25, -0.2) is 13.8 Å². The number of thioether (sulfide) groups is 1. The van der Waals surface area contributed by atoms with Crippen LogP contribution in [0.2, 0.25) is 0 Å². The van der Waals surface area contributed by atoms with Gasteiger partial charge in [-0.3, -0.25) is 13.9 Å². The second kappa shape index (κ2) is 12.7. The molecule has 12 heteroatoms. The first-order valence-electron chi connectivity index (χ1n) is 12.0. The van der Waals surface area contributed by atoms with E-state index in [-0.39, 0.29) is 22.6 Å². The summed E-state index contributed by atoms with van der Waals surface area (Å²) in [7, 11) is -2.65. The van der Waals surface area contributed by atoms with Gasteiger partial charge in [-0.05, 0) is 78.4 Å². The van der Waals surface area contributed by atoms with Crippen LogP contribution >= 0.6 is 11.8 Å². The summed E-state index contributed by atoms with van der Waals surface area (Å²) in [5.74, 6) is 2.37. The summed E-state index contributed by atoms with van der Waals surface area (Å²) in [6.07, 6.45) is 1.71. The number of carbonyl (C=O) groups is 2. The van der Waals surface area contributed by atoms with E-state index in [0.717, 1.165) is 27.1 Å². The number of hydrogen-bond acceptors (Lipinski definition) is 8. The Balaban J connectivity index is 1.47. The van der Waals surface area contributed by atoms with Crippen LogP contribution in [-0.4, -0.2) is 57.7 Å². The lowest BCUT2D eigenvalue weighted by atomic mass is 10.2. The summed E-state index contributed by atoms with van der Waals surface area (Å²) in [6, 6.07) is 19.3. The van der Waals surface area contributed by atoms with Crippen LogP contribution in [0, 0.1) is 0 Å². The first-order chi connectivity index (χ1) is 18.7. The topological polar surface area (TPSA) is 126 Å². The number of sulfonamides is 1. The molecule has 1 aliphatic rings. The zero-order valence-corrected chi connectivity index (χ0v) is 23.0. The molecule has 3 aromatic carbocycles. The molecule has 0 saturated carbocycles. The molecule has 39 heavy (non-hydrogen) atoms. The fourth-order valence-electron chi connectivity index (χ4n) is 3.56. The van der Waals surface area contributed by atoms with Gasteiger partial charge in [0.15, 0.2) is 0 Å². The lowest BCUT2D eigenvalue weighted by Crippen LogP contribution is -2.39. The summed E-state index contributed by atoms with van der Waals surface area (Å²) in [4.78, 5) is 24.0. The monoisotopic (exact) mass is 568 g/mol. The second-order valence-corrected chi connectivity index (χ2v) is 11.5. The standard InChI is InChI=1S/C27H28N4O6S2/c1-19(32)29-21-5-13-26(14-6-21)39(34,35)31(22-7-11-23(36-2)12-8-22)16-27(33)30-28-15-20-3-9-24(10-4-20)37-25-17-38-18-25/h3-15,25H,16-18H2,1-2H3,(H,29,32)(H,30,33)/b28-15-. The van der Waals surface area contributed by atoms with Gasteiger partial charge in [0, 0.05) is 24.1 Å². The van der Waals surface area contributed by atoms with Crippen molar-refractivity contribution in [1.29, 1.82) is 0 Å². The van der Waals surface area contributed by atoms with E-state index in [9.17, 15) is 18.0 Å². The molecule has 1 saturated heterocycles. The van der Waals surface area contributed by atoms with Crippen molar-refractivity contribution in [2.75, 3.05) is 34.8 Å². The molecule has 0 aliphatic carbocycles. The van der Waals surface area contributed by atoms with Crippen molar-refractivity contribution in [3.8, 4) is 11.5 Å². The molecule has 3 aromatic rings. The maximum atomic E-state index is 13.6. The van der Waals surface area contributed by atoms with Crippen molar-refractivity contribution >= 4 is 51.2 Å². The Morgan fingerprint density at radius 2 is 1.64 bits per heavy atom. The van der Waals surface area contributed by atoms with E-state index in [4.69, 9.17) is 9.47 Å². The Hall–Kier alpha value is -4.03. The van der Waals surface area contributed by atoms with Crippen LogP contribution in [0.15, 0.2) is 82.8 Å². The minimum absolute atomic E-state index is 0.0495. The summed E-state index contributed by atoms with van der Waals surface area (Å²) < 4.78 is 39.1. The molecule has 0 radical (unpaired) electrons. The SMILES string of the molecule is COc1ccc(N(CC(=O)N/N=C\c2ccc(OC3CSC3)cc2)S(=O)(=O)c2ccc(NC(C)=O)cc2)cc1. The molecule has 0 bridgehead atoms. The summed E-state index contributed by atoms with van der Waals surface area (Å²) in [6.45, 7) is 0.835. The third kappa shape index (κ3) is 7.52. The van der Waals surface area contributed by atoms with Gasteiger partial charge < -0.3 is 14.8 Å². The fourth-order valence-corrected chi connectivity index (χ4v) is 5.54. The van der Waals surface area contributed by atoms with Gasteiger partial charge >= 0.3 is 0 Å². The highest BCUT2D eigenvalue weighted by atomic mass is 32.2. The van der Waals surface area contributed by atoms with Crippen LogP contribution in [0.5, 0.6) is 11.5 Å². The zero-order valence-electron chi connectivity index (χ0n) is 21.4. The van der Waals surface area contributed by atoms with Crippen LogP contribution in [-0.2, 0) is 19.6 Å².